The van der Waals surface area contributed by atoms with Crippen molar-refractivity contribution in [3.63, 3.8) is 0 Å². The monoisotopic (exact) mass is 474 g/mol. The number of likely N-dealkylation sites (tertiary alicyclic amines) is 1. The molecule has 1 N–H and O–H groups in total. The van der Waals surface area contributed by atoms with Crippen LogP contribution in [0.15, 0.2) is 21.1 Å². The summed E-state index contributed by atoms with van der Waals surface area (Å²) in [5.74, 6) is -1.06. The molecular formula is C17H20Br2N2O4. The summed E-state index contributed by atoms with van der Waals surface area (Å²) in [5, 5.41) is 2.69. The summed E-state index contributed by atoms with van der Waals surface area (Å²) < 4.78 is 6.46. The second-order valence-corrected chi connectivity index (χ2v) is 7.65. The van der Waals surface area contributed by atoms with Gasteiger partial charge in [0.05, 0.1) is 5.69 Å². The van der Waals surface area contributed by atoms with E-state index in [1.54, 1.807) is 0 Å². The van der Waals surface area contributed by atoms with Crippen LogP contribution in [0.2, 0.25) is 0 Å². The molecule has 8 heteroatoms. The van der Waals surface area contributed by atoms with Crippen LogP contribution in [0.1, 0.15) is 31.2 Å². The number of aryl methyl sites for hydroxylation is 1. The first kappa shape index (κ1) is 19.9. The third-order valence-electron chi connectivity index (χ3n) is 3.81. The molecule has 1 heterocycles. The number of hydrogen-bond acceptors (Lipinski definition) is 4. The van der Waals surface area contributed by atoms with E-state index < -0.39 is 18.5 Å². The van der Waals surface area contributed by atoms with Crippen molar-refractivity contribution < 1.29 is 19.1 Å². The molecule has 6 nitrogen and oxygen atoms in total. The van der Waals surface area contributed by atoms with E-state index >= 15 is 0 Å². The molecule has 1 saturated heterocycles. The number of halogens is 2. The number of nitrogens with zero attached hydrogens (tertiary/aromatic N) is 1. The number of ether oxygens (including phenoxy) is 1. The maximum absolute atomic E-state index is 12.0. The molecule has 0 bridgehead atoms. The van der Waals surface area contributed by atoms with Crippen LogP contribution in [0.3, 0.4) is 0 Å². The summed E-state index contributed by atoms with van der Waals surface area (Å²) in [7, 11) is 0. The van der Waals surface area contributed by atoms with Crippen LogP contribution in [0, 0.1) is 6.92 Å². The van der Waals surface area contributed by atoms with E-state index in [4.69, 9.17) is 4.74 Å². The molecule has 0 atom stereocenters. The van der Waals surface area contributed by atoms with Gasteiger partial charge >= 0.3 is 5.97 Å². The van der Waals surface area contributed by atoms with Gasteiger partial charge in [0.1, 0.15) is 6.54 Å². The number of anilines is 1. The highest BCUT2D eigenvalue weighted by Crippen LogP contribution is 2.32. The summed E-state index contributed by atoms with van der Waals surface area (Å²) in [6, 6.07) is 3.74. The lowest BCUT2D eigenvalue weighted by atomic mass is 10.2. The zero-order chi connectivity index (χ0) is 18.4. The Labute approximate surface area is 163 Å². The quantitative estimate of drug-likeness (QED) is 0.662. The van der Waals surface area contributed by atoms with Gasteiger partial charge in [-0.05, 0) is 69.3 Å². The minimum atomic E-state index is -0.576. The van der Waals surface area contributed by atoms with Crippen molar-refractivity contribution in [1.82, 2.24) is 4.90 Å². The van der Waals surface area contributed by atoms with Crippen LogP contribution in [0.5, 0.6) is 0 Å². The summed E-state index contributed by atoms with van der Waals surface area (Å²) in [6.45, 7) is 1.99. The maximum atomic E-state index is 12.0. The molecule has 0 saturated carbocycles. The summed E-state index contributed by atoms with van der Waals surface area (Å²) in [6.07, 6.45) is 3.19. The van der Waals surface area contributed by atoms with Crippen molar-refractivity contribution in [1.29, 1.82) is 0 Å². The molecule has 1 fully saturated rings. The molecule has 0 spiro atoms. The maximum Gasteiger partial charge on any atom is 0.326 e. The van der Waals surface area contributed by atoms with Crippen molar-refractivity contribution >= 4 is 55.3 Å². The molecule has 0 aromatic heterocycles. The SMILES string of the molecule is Cc1cc(Br)c(NC(=O)COC(=O)CN2CCCCCC2=O)c(Br)c1. The predicted molar refractivity (Wildman–Crippen MR) is 101 cm³/mol. The number of rotatable bonds is 5. The number of esters is 1. The Kier molecular flexibility index (Phi) is 7.43. The number of nitrogens with one attached hydrogen (secondary N) is 1. The Hall–Kier alpha value is -1.41. The van der Waals surface area contributed by atoms with E-state index in [1.165, 1.54) is 4.90 Å². The lowest BCUT2D eigenvalue weighted by Crippen LogP contribution is -2.36. The van der Waals surface area contributed by atoms with Crippen LogP contribution in [0.4, 0.5) is 5.69 Å². The highest BCUT2D eigenvalue weighted by Gasteiger charge is 2.20. The molecule has 136 valence electrons. The molecule has 1 aromatic rings. The van der Waals surface area contributed by atoms with E-state index in [0.29, 0.717) is 18.7 Å². The van der Waals surface area contributed by atoms with Crippen molar-refractivity contribution in [2.24, 2.45) is 0 Å². The summed E-state index contributed by atoms with van der Waals surface area (Å²) in [5.41, 5.74) is 1.61. The smallest absolute Gasteiger partial charge is 0.326 e. The fourth-order valence-electron chi connectivity index (χ4n) is 2.55. The fraction of sp³-hybridized carbons (Fsp3) is 0.471. The first-order valence-corrected chi connectivity index (χ1v) is 9.64. The van der Waals surface area contributed by atoms with Crippen LogP contribution < -0.4 is 5.32 Å². The molecule has 0 aliphatic carbocycles. The molecular weight excluding hydrogens is 456 g/mol. The van der Waals surface area contributed by atoms with Crippen molar-refractivity contribution in [3.8, 4) is 0 Å². The van der Waals surface area contributed by atoms with E-state index in [-0.39, 0.29) is 12.5 Å². The summed E-state index contributed by atoms with van der Waals surface area (Å²) in [4.78, 5) is 37.3. The Morgan fingerprint density at radius 2 is 1.88 bits per heavy atom. The average Bonchev–Trinajstić information content (AvgIpc) is 2.74. The van der Waals surface area contributed by atoms with Gasteiger partial charge in [0.25, 0.3) is 5.91 Å². The van der Waals surface area contributed by atoms with Crippen molar-refractivity contribution in [3.05, 3.63) is 26.6 Å². The molecule has 1 aliphatic rings. The molecule has 1 aliphatic heterocycles. The van der Waals surface area contributed by atoms with Crippen molar-refractivity contribution in [2.75, 3.05) is 25.0 Å². The van der Waals surface area contributed by atoms with E-state index in [9.17, 15) is 14.4 Å². The van der Waals surface area contributed by atoms with Gasteiger partial charge in [0.2, 0.25) is 5.91 Å². The Bertz CT molecular complexity index is 656. The molecule has 2 amide bonds. The second-order valence-electron chi connectivity index (χ2n) is 5.94. The van der Waals surface area contributed by atoms with Crippen LogP contribution in [0.25, 0.3) is 0 Å². The minimum absolute atomic E-state index is 0.0357. The third-order valence-corrected chi connectivity index (χ3v) is 5.06. The van der Waals surface area contributed by atoms with Gasteiger partial charge in [-0.15, -0.1) is 0 Å². The Balaban J connectivity index is 1.83. The molecule has 0 unspecified atom stereocenters. The van der Waals surface area contributed by atoms with Gasteiger partial charge < -0.3 is 15.0 Å². The normalized spacial score (nSPS) is 14.8. The highest BCUT2D eigenvalue weighted by molar-refractivity contribution is 9.11. The minimum Gasteiger partial charge on any atom is -0.454 e. The standard InChI is InChI=1S/C17H20Br2N2O4/c1-11-7-12(18)17(13(19)8-11)20-14(22)10-25-16(24)9-21-6-4-2-3-5-15(21)23/h7-8H,2-6,9-10H2,1H3,(H,20,22). The average molecular weight is 476 g/mol. The number of benzene rings is 1. The lowest BCUT2D eigenvalue weighted by Gasteiger charge is -2.19. The first-order chi connectivity index (χ1) is 11.9. The van der Waals surface area contributed by atoms with Crippen LogP contribution in [-0.4, -0.2) is 42.4 Å². The third kappa shape index (κ3) is 6.11. The number of amides is 2. The molecule has 1 aromatic carbocycles. The number of carbonyl (C=O) groups excluding carboxylic acids is 3. The predicted octanol–water partition coefficient (Wildman–Crippen LogP) is 3.40. The zero-order valence-corrected chi connectivity index (χ0v) is 17.1. The Morgan fingerprint density at radius 1 is 1.20 bits per heavy atom. The molecule has 25 heavy (non-hydrogen) atoms. The van der Waals surface area contributed by atoms with Crippen LogP contribution in [-0.2, 0) is 19.1 Å². The van der Waals surface area contributed by atoms with Gasteiger partial charge in [-0.3, -0.25) is 14.4 Å². The first-order valence-electron chi connectivity index (χ1n) is 8.05. The largest absolute Gasteiger partial charge is 0.454 e. The number of hydrogen-bond donors (Lipinski definition) is 1. The zero-order valence-electron chi connectivity index (χ0n) is 13.9. The van der Waals surface area contributed by atoms with E-state index in [1.807, 2.05) is 19.1 Å². The summed E-state index contributed by atoms with van der Waals surface area (Å²) >= 11 is 6.78. The van der Waals surface area contributed by atoms with Crippen molar-refractivity contribution in [2.45, 2.75) is 32.6 Å². The second kappa shape index (κ2) is 9.33. The molecule has 2 rings (SSSR count). The Morgan fingerprint density at radius 3 is 2.56 bits per heavy atom. The van der Waals surface area contributed by atoms with Crippen LogP contribution >= 0.6 is 31.9 Å². The van der Waals surface area contributed by atoms with Gasteiger partial charge in [-0.2, -0.15) is 0 Å². The van der Waals surface area contributed by atoms with Gasteiger partial charge in [0.15, 0.2) is 6.61 Å². The van der Waals surface area contributed by atoms with E-state index in [2.05, 4.69) is 37.2 Å². The molecule has 0 radical (unpaired) electrons. The van der Waals surface area contributed by atoms with Gasteiger partial charge in [-0.25, -0.2) is 0 Å². The van der Waals surface area contributed by atoms with Gasteiger partial charge in [0, 0.05) is 21.9 Å². The topological polar surface area (TPSA) is 75.7 Å². The van der Waals surface area contributed by atoms with E-state index in [0.717, 1.165) is 33.8 Å². The fourth-order valence-corrected chi connectivity index (χ4v) is 4.16. The lowest BCUT2D eigenvalue weighted by molar-refractivity contribution is -0.151. The van der Waals surface area contributed by atoms with Gasteiger partial charge in [-0.1, -0.05) is 6.42 Å². The highest BCUT2D eigenvalue weighted by atomic mass is 79.9. The number of carbonyl (C=O) groups is 3.